The van der Waals surface area contributed by atoms with Crippen LogP contribution in [-0.2, 0) is 0 Å². The van der Waals surface area contributed by atoms with E-state index in [-0.39, 0.29) is 0 Å². The second-order valence-corrected chi connectivity index (χ2v) is 4.92. The minimum atomic E-state index is 0.819. The van der Waals surface area contributed by atoms with Gasteiger partial charge in [0.25, 0.3) is 0 Å². The van der Waals surface area contributed by atoms with Crippen LogP contribution in [0.2, 0.25) is 0 Å². The molecular weight excluding hydrogens is 224 g/mol. The van der Waals surface area contributed by atoms with Gasteiger partial charge in [-0.15, -0.1) is 11.3 Å². The van der Waals surface area contributed by atoms with Crippen LogP contribution in [0.25, 0.3) is 21.3 Å². The fourth-order valence-electron chi connectivity index (χ4n) is 1.52. The Morgan fingerprint density at radius 2 is 2.13 bits per heavy atom. The van der Waals surface area contributed by atoms with E-state index in [1.165, 1.54) is 5.56 Å². The van der Waals surface area contributed by atoms with Crippen LogP contribution >= 0.6 is 22.7 Å². The Hall–Kier alpha value is -1.39. The minimum absolute atomic E-state index is 0.819. The van der Waals surface area contributed by atoms with Gasteiger partial charge in [0.05, 0.1) is 5.69 Å². The molecule has 0 aromatic carbocycles. The van der Waals surface area contributed by atoms with Gasteiger partial charge in [-0.05, 0) is 28.5 Å². The van der Waals surface area contributed by atoms with Crippen molar-refractivity contribution < 1.29 is 0 Å². The first-order chi connectivity index (χ1) is 7.34. The third kappa shape index (κ3) is 1.42. The summed E-state index contributed by atoms with van der Waals surface area (Å²) >= 11 is 3.28. The van der Waals surface area contributed by atoms with Gasteiger partial charge in [0.1, 0.15) is 4.83 Å². The Morgan fingerprint density at radius 3 is 2.93 bits per heavy atom. The number of nitrogen functional groups attached to an aromatic ring is 1. The molecular formula is C11H8N2S2. The van der Waals surface area contributed by atoms with E-state index in [0.29, 0.717) is 0 Å². The van der Waals surface area contributed by atoms with Gasteiger partial charge in [0.2, 0.25) is 0 Å². The lowest BCUT2D eigenvalue weighted by molar-refractivity contribution is 1.44. The van der Waals surface area contributed by atoms with Gasteiger partial charge in [0.15, 0.2) is 0 Å². The standard InChI is InChI=1S/C11H8N2S2/c12-10-6-15-11-9(10)3-8(4-13-11)7-1-2-14-5-7/h1-6H,12H2. The molecule has 0 saturated heterocycles. The number of nitrogens with zero attached hydrogens (tertiary/aromatic N) is 1. The number of nitrogens with two attached hydrogens (primary N) is 1. The normalized spacial score (nSPS) is 10.9. The predicted octanol–water partition coefficient (Wildman–Crippen LogP) is 3.61. The van der Waals surface area contributed by atoms with Gasteiger partial charge >= 0.3 is 0 Å². The molecule has 2 N–H and O–H groups in total. The molecule has 0 spiro atoms. The highest BCUT2D eigenvalue weighted by Crippen LogP contribution is 2.30. The molecule has 0 aliphatic rings. The molecule has 4 heteroatoms. The highest BCUT2D eigenvalue weighted by molar-refractivity contribution is 7.17. The summed E-state index contributed by atoms with van der Waals surface area (Å²) in [6.07, 6.45) is 1.90. The van der Waals surface area contributed by atoms with E-state index in [1.54, 1.807) is 22.7 Å². The molecule has 0 saturated carbocycles. The number of anilines is 1. The number of thiophene rings is 2. The number of hydrogen-bond donors (Lipinski definition) is 1. The maximum atomic E-state index is 5.87. The zero-order chi connectivity index (χ0) is 10.3. The van der Waals surface area contributed by atoms with E-state index in [0.717, 1.165) is 21.5 Å². The molecule has 0 radical (unpaired) electrons. The Balaban J connectivity index is 2.25. The summed E-state index contributed by atoms with van der Waals surface area (Å²) in [6.45, 7) is 0. The third-order valence-electron chi connectivity index (χ3n) is 2.31. The van der Waals surface area contributed by atoms with Crippen LogP contribution in [0.1, 0.15) is 0 Å². The highest BCUT2D eigenvalue weighted by atomic mass is 32.1. The summed E-state index contributed by atoms with van der Waals surface area (Å²) in [4.78, 5) is 5.41. The van der Waals surface area contributed by atoms with E-state index in [9.17, 15) is 0 Å². The third-order valence-corrected chi connectivity index (χ3v) is 3.92. The average Bonchev–Trinajstić information content (AvgIpc) is 2.88. The summed E-state index contributed by atoms with van der Waals surface area (Å²) in [5.74, 6) is 0. The fourth-order valence-corrected chi connectivity index (χ4v) is 2.97. The first-order valence-electron chi connectivity index (χ1n) is 4.50. The topological polar surface area (TPSA) is 38.9 Å². The molecule has 3 rings (SSSR count). The number of fused-ring (bicyclic) bond motifs is 1. The number of hydrogen-bond acceptors (Lipinski definition) is 4. The maximum absolute atomic E-state index is 5.87. The molecule has 3 aromatic heterocycles. The van der Waals surface area contributed by atoms with Gasteiger partial charge < -0.3 is 5.73 Å². The van der Waals surface area contributed by atoms with Crippen molar-refractivity contribution in [3.8, 4) is 11.1 Å². The van der Waals surface area contributed by atoms with Crippen LogP contribution in [0, 0.1) is 0 Å². The van der Waals surface area contributed by atoms with Crippen LogP contribution < -0.4 is 5.73 Å². The Morgan fingerprint density at radius 1 is 1.20 bits per heavy atom. The maximum Gasteiger partial charge on any atom is 0.125 e. The smallest absolute Gasteiger partial charge is 0.125 e. The Bertz CT molecular complexity index is 596. The van der Waals surface area contributed by atoms with Crippen molar-refractivity contribution in [2.75, 3.05) is 5.73 Å². The molecule has 0 unspecified atom stereocenters. The summed E-state index contributed by atoms with van der Waals surface area (Å²) in [5, 5.41) is 7.18. The van der Waals surface area contributed by atoms with Crippen molar-refractivity contribution >= 4 is 38.6 Å². The van der Waals surface area contributed by atoms with Crippen molar-refractivity contribution in [3.05, 3.63) is 34.5 Å². The van der Waals surface area contributed by atoms with E-state index in [2.05, 4.69) is 27.9 Å². The van der Waals surface area contributed by atoms with Crippen molar-refractivity contribution in [1.29, 1.82) is 0 Å². The Labute approximate surface area is 95.0 Å². The number of pyridine rings is 1. The average molecular weight is 232 g/mol. The molecule has 2 nitrogen and oxygen atoms in total. The summed E-state index contributed by atoms with van der Waals surface area (Å²) in [7, 11) is 0. The van der Waals surface area contributed by atoms with Crippen molar-refractivity contribution in [1.82, 2.24) is 4.98 Å². The quantitative estimate of drug-likeness (QED) is 0.696. The van der Waals surface area contributed by atoms with Crippen LogP contribution in [0.3, 0.4) is 0 Å². The van der Waals surface area contributed by atoms with Gasteiger partial charge in [-0.25, -0.2) is 4.98 Å². The first kappa shape index (κ1) is 8.88. The second-order valence-electron chi connectivity index (χ2n) is 3.28. The number of rotatable bonds is 1. The molecule has 0 aliphatic carbocycles. The second kappa shape index (κ2) is 3.32. The largest absolute Gasteiger partial charge is 0.398 e. The fraction of sp³-hybridized carbons (Fsp3) is 0. The van der Waals surface area contributed by atoms with E-state index in [1.807, 2.05) is 11.6 Å². The lowest BCUT2D eigenvalue weighted by Gasteiger charge is -1.97. The first-order valence-corrected chi connectivity index (χ1v) is 6.32. The molecule has 0 bridgehead atoms. The van der Waals surface area contributed by atoms with Gasteiger partial charge in [-0.3, -0.25) is 0 Å². The number of aromatic nitrogens is 1. The van der Waals surface area contributed by atoms with Crippen LogP contribution in [0.4, 0.5) is 5.69 Å². The zero-order valence-corrected chi connectivity index (χ0v) is 9.44. The van der Waals surface area contributed by atoms with Crippen molar-refractivity contribution in [2.45, 2.75) is 0 Å². The zero-order valence-electron chi connectivity index (χ0n) is 7.81. The summed E-state index contributed by atoms with van der Waals surface area (Å²) < 4.78 is 0. The van der Waals surface area contributed by atoms with Crippen molar-refractivity contribution in [2.24, 2.45) is 0 Å². The lowest BCUT2D eigenvalue weighted by atomic mass is 10.1. The Kier molecular flexibility index (Phi) is 1.97. The SMILES string of the molecule is Nc1csc2ncc(-c3ccsc3)cc12. The van der Waals surface area contributed by atoms with Gasteiger partial charge in [-0.1, -0.05) is 0 Å². The van der Waals surface area contributed by atoms with Gasteiger partial charge in [-0.2, -0.15) is 11.3 Å². The van der Waals surface area contributed by atoms with Crippen LogP contribution in [0.5, 0.6) is 0 Å². The van der Waals surface area contributed by atoms with Crippen molar-refractivity contribution in [3.63, 3.8) is 0 Å². The molecule has 3 heterocycles. The van der Waals surface area contributed by atoms with Crippen LogP contribution in [-0.4, -0.2) is 4.98 Å². The summed E-state index contributed by atoms with van der Waals surface area (Å²) in [5.41, 5.74) is 9.03. The van der Waals surface area contributed by atoms with Crippen LogP contribution in [0.15, 0.2) is 34.5 Å². The predicted molar refractivity (Wildman–Crippen MR) is 67.3 cm³/mol. The van der Waals surface area contributed by atoms with E-state index in [4.69, 9.17) is 5.73 Å². The monoisotopic (exact) mass is 232 g/mol. The molecule has 15 heavy (non-hydrogen) atoms. The molecule has 0 fully saturated rings. The van der Waals surface area contributed by atoms with E-state index < -0.39 is 0 Å². The highest BCUT2D eigenvalue weighted by Gasteiger charge is 2.05. The molecule has 3 aromatic rings. The minimum Gasteiger partial charge on any atom is -0.398 e. The molecule has 0 amide bonds. The lowest BCUT2D eigenvalue weighted by Crippen LogP contribution is -1.82. The van der Waals surface area contributed by atoms with E-state index >= 15 is 0 Å². The molecule has 0 atom stereocenters. The van der Waals surface area contributed by atoms with Gasteiger partial charge in [0, 0.05) is 22.5 Å². The molecule has 74 valence electrons. The molecule has 0 aliphatic heterocycles. The summed E-state index contributed by atoms with van der Waals surface area (Å²) in [6, 6.07) is 4.20.